The summed E-state index contributed by atoms with van der Waals surface area (Å²) in [4.78, 5) is 33.4. The molecule has 1 aliphatic carbocycles. The molecule has 2 aliphatic heterocycles. The molecule has 4 heterocycles. The molecule has 1 aromatic carbocycles. The molecule has 1 unspecified atom stereocenters. The number of amides is 2. The lowest BCUT2D eigenvalue weighted by Crippen LogP contribution is -2.51. The monoisotopic (exact) mass is 537 g/mol. The molecule has 2 saturated heterocycles. The summed E-state index contributed by atoms with van der Waals surface area (Å²) in [6.45, 7) is 4.36. The van der Waals surface area contributed by atoms with Crippen LogP contribution in [-0.4, -0.2) is 104 Å². The fraction of sp³-hybridized carbons (Fsp3) is 0.556. The molecule has 39 heavy (non-hydrogen) atoms. The maximum absolute atomic E-state index is 14.6. The van der Waals surface area contributed by atoms with E-state index in [4.69, 9.17) is 9.97 Å². The van der Waals surface area contributed by atoms with Crippen LogP contribution in [0.15, 0.2) is 30.5 Å². The van der Waals surface area contributed by atoms with Crippen molar-refractivity contribution in [3.05, 3.63) is 36.3 Å². The Bertz CT molecular complexity index is 1320. The minimum absolute atomic E-state index is 0.0649. The van der Waals surface area contributed by atoms with E-state index in [9.17, 15) is 14.3 Å². The van der Waals surface area contributed by atoms with E-state index in [-0.39, 0.29) is 30.0 Å². The number of nitrogens with one attached hydrogen (secondary N) is 2. The summed E-state index contributed by atoms with van der Waals surface area (Å²) in [7, 11) is 2.07. The van der Waals surface area contributed by atoms with E-state index in [0.717, 1.165) is 58.3 Å². The Morgan fingerprint density at radius 3 is 2.54 bits per heavy atom. The van der Waals surface area contributed by atoms with E-state index in [1.807, 2.05) is 14.4 Å². The van der Waals surface area contributed by atoms with Crippen LogP contribution in [0.5, 0.6) is 0 Å². The van der Waals surface area contributed by atoms with Gasteiger partial charge in [0.1, 0.15) is 11.3 Å². The van der Waals surface area contributed by atoms with Crippen molar-refractivity contribution in [3.8, 4) is 0 Å². The van der Waals surface area contributed by atoms with Gasteiger partial charge in [-0.1, -0.05) is 12.1 Å². The number of anilines is 3. The first-order valence-electron chi connectivity index (χ1n) is 13.9. The Hall–Kier alpha value is -3.51. The van der Waals surface area contributed by atoms with Crippen LogP contribution in [0.2, 0.25) is 0 Å². The highest BCUT2D eigenvalue weighted by molar-refractivity contribution is 5.77. The fourth-order valence-electron chi connectivity index (χ4n) is 5.80. The van der Waals surface area contributed by atoms with E-state index >= 15 is 0 Å². The van der Waals surface area contributed by atoms with Gasteiger partial charge in [-0.25, -0.2) is 19.2 Å². The summed E-state index contributed by atoms with van der Waals surface area (Å²) in [5, 5.41) is 16.4. The van der Waals surface area contributed by atoms with Crippen molar-refractivity contribution < 1.29 is 14.3 Å². The van der Waals surface area contributed by atoms with Gasteiger partial charge in [0.2, 0.25) is 11.9 Å². The van der Waals surface area contributed by atoms with Crippen molar-refractivity contribution in [1.82, 2.24) is 34.2 Å². The highest BCUT2D eigenvalue weighted by Crippen LogP contribution is 2.33. The predicted molar refractivity (Wildman–Crippen MR) is 147 cm³/mol. The average Bonchev–Trinajstić information content (AvgIpc) is 3.56. The number of piperazine rings is 1. The first-order valence-corrected chi connectivity index (χ1v) is 13.9. The zero-order valence-electron chi connectivity index (χ0n) is 22.3. The van der Waals surface area contributed by atoms with Crippen molar-refractivity contribution in [2.45, 2.75) is 50.3 Å². The zero-order valence-corrected chi connectivity index (χ0v) is 22.3. The molecule has 2 amide bonds. The number of halogens is 1. The Kier molecular flexibility index (Phi) is 7.22. The lowest BCUT2D eigenvalue weighted by molar-refractivity contribution is 0.126. The number of urea groups is 1. The van der Waals surface area contributed by atoms with Gasteiger partial charge in [0.25, 0.3) is 0 Å². The molecule has 3 fully saturated rings. The van der Waals surface area contributed by atoms with Gasteiger partial charge < -0.3 is 30.4 Å². The van der Waals surface area contributed by atoms with Crippen LogP contribution >= 0.6 is 0 Å². The number of likely N-dealkylation sites (tertiary alicyclic amines) is 1. The van der Waals surface area contributed by atoms with Gasteiger partial charge in [-0.15, -0.1) is 0 Å². The Balaban J connectivity index is 1.28. The largest absolute Gasteiger partial charge is 0.393 e. The average molecular weight is 538 g/mol. The normalized spacial score (nSPS) is 24.3. The van der Waals surface area contributed by atoms with Gasteiger partial charge in [-0.05, 0) is 51.3 Å². The number of aliphatic hydroxyl groups is 1. The van der Waals surface area contributed by atoms with Crippen LogP contribution in [0, 0.1) is 5.82 Å². The molecule has 0 spiro atoms. The van der Waals surface area contributed by atoms with Gasteiger partial charge in [-0.2, -0.15) is 4.98 Å². The van der Waals surface area contributed by atoms with Gasteiger partial charge in [0.05, 0.1) is 24.0 Å². The van der Waals surface area contributed by atoms with E-state index in [1.54, 1.807) is 24.4 Å². The summed E-state index contributed by atoms with van der Waals surface area (Å²) in [5.74, 6) is 0.606. The molecule has 0 bridgehead atoms. The summed E-state index contributed by atoms with van der Waals surface area (Å²) in [5.41, 5.74) is 1.56. The second-order valence-corrected chi connectivity index (χ2v) is 10.9. The number of benzene rings is 1. The standard InChI is InChI=1S/C27H36FN9O2/c1-34-12-14-35(15-13-34)27(39)36-11-10-19(17-36)37-24-23(32-26(37)31-22-5-3-2-4-21(22)28)16-29-25(33-24)30-18-6-8-20(38)9-7-18/h2-5,16,18-20,38H,6-15,17H2,1H3,(H,31,32)(H,29,30,33). The third kappa shape index (κ3) is 5.48. The van der Waals surface area contributed by atoms with Crippen molar-refractivity contribution in [2.75, 3.05) is 56.9 Å². The Morgan fingerprint density at radius 1 is 1.00 bits per heavy atom. The third-order valence-electron chi connectivity index (χ3n) is 8.16. The minimum atomic E-state index is -0.373. The molecule has 3 N–H and O–H groups in total. The molecule has 1 atom stereocenters. The number of aromatic nitrogens is 4. The van der Waals surface area contributed by atoms with Crippen LogP contribution in [0.1, 0.15) is 38.1 Å². The van der Waals surface area contributed by atoms with Crippen LogP contribution < -0.4 is 10.6 Å². The maximum atomic E-state index is 14.6. The van der Waals surface area contributed by atoms with Crippen molar-refractivity contribution in [1.29, 1.82) is 0 Å². The smallest absolute Gasteiger partial charge is 0.320 e. The molecule has 11 nitrogen and oxygen atoms in total. The number of likely N-dealkylation sites (N-methyl/N-ethyl adjacent to an activating group) is 1. The molecule has 12 heteroatoms. The molecule has 2 aromatic heterocycles. The number of carbonyl (C=O) groups excluding carboxylic acids is 1. The molecular weight excluding hydrogens is 501 g/mol. The number of imidazole rings is 1. The number of para-hydroxylation sites is 1. The number of aliphatic hydroxyl groups excluding tert-OH is 1. The van der Waals surface area contributed by atoms with Gasteiger partial charge in [-0.3, -0.25) is 4.57 Å². The van der Waals surface area contributed by atoms with E-state index in [1.165, 1.54) is 6.07 Å². The Morgan fingerprint density at radius 2 is 1.77 bits per heavy atom. The van der Waals surface area contributed by atoms with E-state index < -0.39 is 0 Å². The van der Waals surface area contributed by atoms with E-state index in [2.05, 4.69) is 27.6 Å². The lowest BCUT2D eigenvalue weighted by atomic mass is 9.93. The first-order chi connectivity index (χ1) is 18.9. The topological polar surface area (TPSA) is 115 Å². The van der Waals surface area contributed by atoms with Crippen LogP contribution in [-0.2, 0) is 0 Å². The number of carbonyl (C=O) groups is 1. The number of hydrogen-bond donors (Lipinski definition) is 3. The van der Waals surface area contributed by atoms with Crippen LogP contribution in [0.25, 0.3) is 11.2 Å². The molecular formula is C27H36FN9O2. The number of rotatable bonds is 5. The Labute approximate surface area is 227 Å². The third-order valence-corrected chi connectivity index (χ3v) is 8.16. The first kappa shape index (κ1) is 25.8. The summed E-state index contributed by atoms with van der Waals surface area (Å²) in [6, 6.07) is 6.69. The maximum Gasteiger partial charge on any atom is 0.320 e. The predicted octanol–water partition coefficient (Wildman–Crippen LogP) is 3.04. The molecule has 6 rings (SSSR count). The van der Waals surface area contributed by atoms with Gasteiger partial charge in [0.15, 0.2) is 5.65 Å². The van der Waals surface area contributed by atoms with Crippen molar-refractivity contribution in [2.24, 2.45) is 0 Å². The highest BCUT2D eigenvalue weighted by Gasteiger charge is 2.34. The summed E-state index contributed by atoms with van der Waals surface area (Å²) >= 11 is 0. The molecule has 3 aromatic rings. The lowest BCUT2D eigenvalue weighted by Gasteiger charge is -2.35. The molecule has 208 valence electrons. The van der Waals surface area contributed by atoms with Crippen molar-refractivity contribution in [3.63, 3.8) is 0 Å². The zero-order chi connectivity index (χ0) is 26.9. The number of hydrogen-bond acceptors (Lipinski definition) is 8. The number of fused-ring (bicyclic) bond motifs is 1. The van der Waals surface area contributed by atoms with E-state index in [0.29, 0.717) is 41.8 Å². The van der Waals surface area contributed by atoms with Crippen LogP contribution in [0.4, 0.5) is 26.8 Å². The minimum Gasteiger partial charge on any atom is -0.393 e. The second kappa shape index (κ2) is 10.9. The fourth-order valence-corrected chi connectivity index (χ4v) is 5.80. The highest BCUT2D eigenvalue weighted by atomic mass is 19.1. The van der Waals surface area contributed by atoms with Gasteiger partial charge in [0, 0.05) is 45.3 Å². The molecule has 0 radical (unpaired) electrons. The van der Waals surface area contributed by atoms with Gasteiger partial charge >= 0.3 is 6.03 Å². The SMILES string of the molecule is CN1CCN(C(=O)N2CCC(n3c(Nc4ccccc4F)nc4cnc(NC5CCC(O)CC5)nc43)C2)CC1. The second-order valence-electron chi connectivity index (χ2n) is 10.9. The summed E-state index contributed by atoms with van der Waals surface area (Å²) < 4.78 is 16.6. The molecule has 3 aliphatic rings. The molecule has 1 saturated carbocycles. The summed E-state index contributed by atoms with van der Waals surface area (Å²) in [6.07, 6.45) is 5.42. The quantitative estimate of drug-likeness (QED) is 0.455. The van der Waals surface area contributed by atoms with Crippen LogP contribution in [0.3, 0.4) is 0 Å². The number of nitrogens with zero attached hydrogens (tertiary/aromatic N) is 7. The van der Waals surface area contributed by atoms with Crippen molar-refractivity contribution >= 4 is 34.8 Å².